The van der Waals surface area contributed by atoms with Crippen LogP contribution in [0.5, 0.6) is 5.75 Å². The summed E-state index contributed by atoms with van der Waals surface area (Å²) in [7, 11) is 0. The molecule has 0 heterocycles. The Kier molecular flexibility index (Phi) is 9.49. The van der Waals surface area contributed by atoms with E-state index in [2.05, 4.69) is 6.92 Å². The van der Waals surface area contributed by atoms with E-state index in [1.165, 1.54) is 31.7 Å². The number of unbranched alkanes of at least 4 members (excludes halogenated alkanes) is 2. The second kappa shape index (κ2) is 13.0. The molecule has 0 N–H and O–H groups in total. The molecule has 1 nitrogen and oxygen atoms in total. The fourth-order valence-corrected chi connectivity index (χ4v) is 5.39. The molecule has 37 heavy (non-hydrogen) atoms. The van der Waals surface area contributed by atoms with Gasteiger partial charge in [-0.15, -0.1) is 0 Å². The molecule has 0 saturated heterocycles. The van der Waals surface area contributed by atoms with Gasteiger partial charge in [0.25, 0.3) is 0 Å². The van der Waals surface area contributed by atoms with Gasteiger partial charge in [0.05, 0.1) is 6.61 Å². The van der Waals surface area contributed by atoms with Crippen LogP contribution in [0.2, 0.25) is 0 Å². The Bertz CT molecular complexity index is 1190. The van der Waals surface area contributed by atoms with E-state index in [1.54, 1.807) is 30.4 Å². The number of ether oxygens (including phenoxy) is 1. The van der Waals surface area contributed by atoms with Crippen LogP contribution >= 0.6 is 0 Å². The van der Waals surface area contributed by atoms with Crippen molar-refractivity contribution in [3.63, 3.8) is 0 Å². The van der Waals surface area contributed by atoms with Crippen LogP contribution in [-0.4, -0.2) is 6.61 Å². The quantitative estimate of drug-likeness (QED) is 0.196. The Hall–Kier alpha value is -3.01. The Morgan fingerprint density at radius 3 is 2.19 bits per heavy atom. The topological polar surface area (TPSA) is 9.23 Å². The largest absolute Gasteiger partial charge is 0.491 e. The smallest absolute Gasteiger partial charge is 0.166 e. The first-order valence-corrected chi connectivity index (χ1v) is 13.7. The zero-order valence-electron chi connectivity index (χ0n) is 21.9. The molecule has 0 aliphatic heterocycles. The standard InChI is InChI=1S/C33H37F3O/c1-3-5-6-7-23-10-15-26(16-11-23)29-20-18-27(32(35)33(29)36)17-12-24-8-13-25(14-9-24)28-19-21-31(37-4-2)30(34)22-28/h8-9,12-14,17-23,26H,3-7,10-11,15-16H2,1-2H3. The first kappa shape index (κ1) is 27.0. The maximum absolute atomic E-state index is 15.0. The highest BCUT2D eigenvalue weighted by Gasteiger charge is 2.25. The van der Waals surface area contributed by atoms with Gasteiger partial charge in [-0.05, 0) is 78.8 Å². The summed E-state index contributed by atoms with van der Waals surface area (Å²) < 4.78 is 49.4. The molecule has 3 aromatic carbocycles. The van der Waals surface area contributed by atoms with Gasteiger partial charge in [-0.2, -0.15) is 0 Å². The van der Waals surface area contributed by atoms with E-state index in [0.717, 1.165) is 48.3 Å². The van der Waals surface area contributed by atoms with Gasteiger partial charge in [-0.3, -0.25) is 0 Å². The lowest BCUT2D eigenvalue weighted by atomic mass is 9.76. The Morgan fingerprint density at radius 2 is 1.51 bits per heavy atom. The molecule has 0 bridgehead atoms. The average molecular weight is 507 g/mol. The van der Waals surface area contributed by atoms with Crippen LogP contribution in [0.25, 0.3) is 23.3 Å². The van der Waals surface area contributed by atoms with Gasteiger partial charge in [-0.1, -0.05) is 87.2 Å². The zero-order valence-corrected chi connectivity index (χ0v) is 21.9. The van der Waals surface area contributed by atoms with Crippen molar-refractivity contribution in [1.82, 2.24) is 0 Å². The zero-order chi connectivity index (χ0) is 26.2. The summed E-state index contributed by atoms with van der Waals surface area (Å²) in [6.45, 7) is 4.44. The minimum absolute atomic E-state index is 0.106. The summed E-state index contributed by atoms with van der Waals surface area (Å²) in [5, 5.41) is 0. The Balaban J connectivity index is 1.40. The third-order valence-corrected chi connectivity index (χ3v) is 7.58. The average Bonchev–Trinajstić information content (AvgIpc) is 2.92. The third-order valence-electron chi connectivity index (χ3n) is 7.58. The molecule has 0 radical (unpaired) electrons. The highest BCUT2D eigenvalue weighted by Crippen LogP contribution is 2.39. The van der Waals surface area contributed by atoms with Crippen molar-refractivity contribution in [2.45, 2.75) is 71.1 Å². The predicted molar refractivity (Wildman–Crippen MR) is 147 cm³/mol. The van der Waals surface area contributed by atoms with Crippen molar-refractivity contribution >= 4 is 12.2 Å². The van der Waals surface area contributed by atoms with E-state index in [-0.39, 0.29) is 17.2 Å². The fraction of sp³-hybridized carbons (Fsp3) is 0.394. The maximum Gasteiger partial charge on any atom is 0.166 e. The number of halogens is 3. The van der Waals surface area contributed by atoms with Gasteiger partial charge in [-0.25, -0.2) is 13.2 Å². The van der Waals surface area contributed by atoms with Crippen LogP contribution < -0.4 is 4.74 Å². The van der Waals surface area contributed by atoms with Crippen LogP contribution in [0.1, 0.15) is 87.8 Å². The lowest BCUT2D eigenvalue weighted by Crippen LogP contribution is -2.15. The molecule has 1 fully saturated rings. The lowest BCUT2D eigenvalue weighted by Gasteiger charge is -2.29. The molecule has 4 heteroatoms. The van der Waals surface area contributed by atoms with Gasteiger partial charge < -0.3 is 4.74 Å². The highest BCUT2D eigenvalue weighted by molar-refractivity contribution is 5.72. The highest BCUT2D eigenvalue weighted by atomic mass is 19.2. The fourth-order valence-electron chi connectivity index (χ4n) is 5.39. The molecular formula is C33H37F3O. The van der Waals surface area contributed by atoms with E-state index < -0.39 is 17.5 Å². The maximum atomic E-state index is 15.0. The van der Waals surface area contributed by atoms with E-state index in [0.29, 0.717) is 12.2 Å². The van der Waals surface area contributed by atoms with E-state index in [4.69, 9.17) is 4.74 Å². The molecule has 0 amide bonds. The van der Waals surface area contributed by atoms with Crippen molar-refractivity contribution in [2.75, 3.05) is 6.61 Å². The summed E-state index contributed by atoms with van der Waals surface area (Å²) in [5.41, 5.74) is 3.22. The van der Waals surface area contributed by atoms with Crippen LogP contribution in [-0.2, 0) is 0 Å². The minimum atomic E-state index is -0.777. The number of hydrogen-bond acceptors (Lipinski definition) is 1. The molecule has 3 aromatic rings. The van der Waals surface area contributed by atoms with E-state index in [1.807, 2.05) is 37.3 Å². The van der Waals surface area contributed by atoms with Crippen molar-refractivity contribution in [3.8, 4) is 16.9 Å². The predicted octanol–water partition coefficient (Wildman–Crippen LogP) is 10.2. The molecule has 1 aliphatic carbocycles. The monoisotopic (exact) mass is 506 g/mol. The van der Waals surface area contributed by atoms with E-state index >= 15 is 4.39 Å². The molecule has 0 atom stereocenters. The van der Waals surface area contributed by atoms with Crippen LogP contribution in [0.3, 0.4) is 0 Å². The van der Waals surface area contributed by atoms with Crippen LogP contribution in [0.15, 0.2) is 54.6 Å². The molecular weight excluding hydrogens is 469 g/mol. The third kappa shape index (κ3) is 6.85. The van der Waals surface area contributed by atoms with Crippen molar-refractivity contribution in [3.05, 3.63) is 88.7 Å². The first-order valence-electron chi connectivity index (χ1n) is 13.7. The van der Waals surface area contributed by atoms with Crippen molar-refractivity contribution in [2.24, 2.45) is 5.92 Å². The second-order valence-electron chi connectivity index (χ2n) is 10.1. The van der Waals surface area contributed by atoms with Crippen molar-refractivity contribution in [1.29, 1.82) is 0 Å². The SMILES string of the molecule is CCCCCC1CCC(c2ccc(C=Cc3ccc(-c4ccc(OCC)c(F)c4)cc3)c(F)c2F)CC1. The molecule has 1 aliphatic rings. The van der Waals surface area contributed by atoms with E-state index in [9.17, 15) is 8.78 Å². The summed E-state index contributed by atoms with van der Waals surface area (Å²) in [4.78, 5) is 0. The van der Waals surface area contributed by atoms with Gasteiger partial charge in [0.1, 0.15) is 0 Å². The Labute approximate surface area is 219 Å². The van der Waals surface area contributed by atoms with Gasteiger partial charge in [0.15, 0.2) is 23.2 Å². The second-order valence-corrected chi connectivity index (χ2v) is 10.1. The normalized spacial score (nSPS) is 17.9. The van der Waals surface area contributed by atoms with Gasteiger partial charge in [0, 0.05) is 5.56 Å². The molecule has 0 aromatic heterocycles. The summed E-state index contributed by atoms with van der Waals surface area (Å²) in [5.74, 6) is -0.803. The molecule has 196 valence electrons. The van der Waals surface area contributed by atoms with Gasteiger partial charge in [0.2, 0.25) is 0 Å². The summed E-state index contributed by atoms with van der Waals surface area (Å²) in [6, 6.07) is 15.9. The van der Waals surface area contributed by atoms with Crippen molar-refractivity contribution < 1.29 is 17.9 Å². The number of hydrogen-bond donors (Lipinski definition) is 0. The summed E-state index contributed by atoms with van der Waals surface area (Å²) >= 11 is 0. The lowest BCUT2D eigenvalue weighted by molar-refractivity contribution is 0.298. The number of benzene rings is 3. The minimum Gasteiger partial charge on any atom is -0.491 e. The van der Waals surface area contributed by atoms with Crippen LogP contribution in [0, 0.1) is 23.4 Å². The molecule has 4 rings (SSSR count). The summed E-state index contributed by atoms with van der Waals surface area (Å²) in [6.07, 6.45) is 12.5. The number of rotatable bonds is 10. The Morgan fingerprint density at radius 1 is 0.784 bits per heavy atom. The first-order chi connectivity index (χ1) is 18.0. The van der Waals surface area contributed by atoms with Crippen LogP contribution in [0.4, 0.5) is 13.2 Å². The molecule has 0 unspecified atom stereocenters. The molecule has 1 saturated carbocycles. The van der Waals surface area contributed by atoms with Gasteiger partial charge >= 0.3 is 0 Å². The molecule has 0 spiro atoms.